The van der Waals surface area contributed by atoms with E-state index in [1.165, 1.54) is 130 Å². The number of nitrogens with zero attached hydrogens (tertiary/aromatic N) is 2. The first-order valence-electron chi connectivity index (χ1n) is 22.2. The van der Waals surface area contributed by atoms with Gasteiger partial charge in [-0.25, -0.2) is 0 Å². The van der Waals surface area contributed by atoms with Gasteiger partial charge in [0.2, 0.25) is 0 Å². The molecule has 0 spiro atoms. The van der Waals surface area contributed by atoms with Crippen molar-refractivity contribution >= 4 is 98.0 Å². The van der Waals surface area contributed by atoms with Gasteiger partial charge in [0, 0.05) is 53.1 Å². The molecule has 3 heterocycles. The molecule has 0 bridgehead atoms. The molecule has 13 aromatic rings. The Balaban J connectivity index is 0.858. The van der Waals surface area contributed by atoms with Gasteiger partial charge in [0.1, 0.15) is 0 Å². The van der Waals surface area contributed by atoms with Crippen LogP contribution in [0.1, 0.15) is 5.56 Å². The van der Waals surface area contributed by atoms with Gasteiger partial charge in [-0.1, -0.05) is 128 Å². The molecular formula is C62H38N2S. The highest BCUT2D eigenvalue weighted by Gasteiger charge is 2.20. The lowest BCUT2D eigenvalue weighted by Crippen LogP contribution is -2.25. The van der Waals surface area contributed by atoms with E-state index in [4.69, 9.17) is 0 Å². The predicted molar refractivity (Wildman–Crippen MR) is 279 cm³/mol. The van der Waals surface area contributed by atoms with Crippen molar-refractivity contribution < 1.29 is 0 Å². The van der Waals surface area contributed by atoms with Gasteiger partial charge in [-0.2, -0.15) is 0 Å². The van der Waals surface area contributed by atoms with E-state index in [0.29, 0.717) is 0 Å². The minimum atomic E-state index is 1.03. The molecule has 10 aromatic carbocycles. The van der Waals surface area contributed by atoms with E-state index in [-0.39, 0.29) is 0 Å². The third-order valence-corrected chi connectivity index (χ3v) is 15.1. The van der Waals surface area contributed by atoms with Crippen LogP contribution in [0.3, 0.4) is 0 Å². The zero-order valence-corrected chi connectivity index (χ0v) is 36.2. The summed E-state index contributed by atoms with van der Waals surface area (Å²) >= 11 is 1.86. The number of aromatic nitrogens is 2. The Kier molecular flexibility index (Phi) is 7.60. The van der Waals surface area contributed by atoms with Crippen molar-refractivity contribution in [2.45, 2.75) is 0 Å². The van der Waals surface area contributed by atoms with Gasteiger partial charge in [0.15, 0.2) is 0 Å². The van der Waals surface area contributed by atoms with Crippen LogP contribution in [0, 0.1) is 0 Å². The number of fused-ring (bicyclic) bond motifs is 13. The van der Waals surface area contributed by atoms with E-state index in [9.17, 15) is 0 Å². The van der Waals surface area contributed by atoms with Crippen LogP contribution in [-0.4, -0.2) is 9.13 Å². The Morgan fingerprint density at radius 1 is 0.369 bits per heavy atom. The zero-order valence-electron chi connectivity index (χ0n) is 35.3. The number of benzene rings is 10. The van der Waals surface area contributed by atoms with E-state index >= 15 is 0 Å². The average molecular weight is 843 g/mol. The number of thiophene rings is 1. The molecule has 3 heteroatoms. The van der Waals surface area contributed by atoms with Crippen molar-refractivity contribution in [1.29, 1.82) is 0 Å². The van der Waals surface area contributed by atoms with E-state index in [1.807, 2.05) is 17.4 Å². The smallest absolute Gasteiger partial charge is 0.0541 e. The molecule has 1 aliphatic rings. The summed E-state index contributed by atoms with van der Waals surface area (Å²) in [6.45, 7) is 8.65. The van der Waals surface area contributed by atoms with Crippen molar-refractivity contribution in [3.05, 3.63) is 229 Å². The number of hydrogen-bond acceptors (Lipinski definition) is 1. The molecule has 302 valence electrons. The highest BCUT2D eigenvalue weighted by atomic mass is 32.1. The summed E-state index contributed by atoms with van der Waals surface area (Å²) in [6.07, 6.45) is 1.97. The van der Waals surface area contributed by atoms with Gasteiger partial charge < -0.3 is 9.13 Å². The van der Waals surface area contributed by atoms with E-state index in [2.05, 4.69) is 222 Å². The molecule has 0 saturated carbocycles. The lowest BCUT2D eigenvalue weighted by molar-refractivity contribution is 1.19. The van der Waals surface area contributed by atoms with Gasteiger partial charge in [-0.05, 0) is 157 Å². The van der Waals surface area contributed by atoms with Crippen LogP contribution in [-0.2, 0) is 0 Å². The Hall–Kier alpha value is -8.24. The SMILES string of the molecule is C=CC1=c2c(cc(-c3ccc4cc(-n5c6ccccc6c6cc(-c7ccc8c(c7)c7ccccc7n8-c7ccc8sc9ccccc9c8c7)ccc65)ccc4c3)cc2=C)-c2ccccc21. The topological polar surface area (TPSA) is 9.86 Å². The fraction of sp³-hybridized carbons (Fsp3) is 0. The first-order chi connectivity index (χ1) is 32.1. The summed E-state index contributed by atoms with van der Waals surface area (Å²) in [5.41, 5.74) is 16.8. The van der Waals surface area contributed by atoms with E-state index < -0.39 is 0 Å². The minimum Gasteiger partial charge on any atom is -0.309 e. The fourth-order valence-electron chi connectivity index (χ4n) is 11.0. The third kappa shape index (κ3) is 5.28. The highest BCUT2D eigenvalue weighted by molar-refractivity contribution is 7.25. The van der Waals surface area contributed by atoms with Gasteiger partial charge >= 0.3 is 0 Å². The minimum absolute atomic E-state index is 1.03. The predicted octanol–water partition coefficient (Wildman–Crippen LogP) is 15.5. The number of para-hydroxylation sites is 2. The molecule has 0 saturated heterocycles. The van der Waals surface area contributed by atoms with Gasteiger partial charge in [0.25, 0.3) is 0 Å². The maximum absolute atomic E-state index is 4.51. The molecule has 0 aliphatic heterocycles. The molecule has 14 rings (SSSR count). The van der Waals surface area contributed by atoms with Gasteiger partial charge in [0.05, 0.1) is 22.1 Å². The van der Waals surface area contributed by atoms with Crippen molar-refractivity contribution in [2.75, 3.05) is 0 Å². The molecule has 0 unspecified atom stereocenters. The molecule has 0 atom stereocenters. The van der Waals surface area contributed by atoms with Crippen molar-refractivity contribution in [3.8, 4) is 44.8 Å². The second kappa shape index (κ2) is 13.6. The molecular weight excluding hydrogens is 805 g/mol. The van der Waals surface area contributed by atoms with Crippen LogP contribution in [0.25, 0.3) is 131 Å². The second-order valence-corrected chi connectivity index (χ2v) is 18.5. The number of hydrogen-bond donors (Lipinski definition) is 0. The second-order valence-electron chi connectivity index (χ2n) is 17.4. The van der Waals surface area contributed by atoms with Crippen LogP contribution in [0.4, 0.5) is 0 Å². The number of rotatable bonds is 5. The Morgan fingerprint density at radius 2 is 0.908 bits per heavy atom. The largest absolute Gasteiger partial charge is 0.309 e. The third-order valence-electron chi connectivity index (χ3n) is 13.9. The summed E-state index contributed by atoms with van der Waals surface area (Å²) in [4.78, 5) is 0. The first-order valence-corrected chi connectivity index (χ1v) is 23.0. The summed E-state index contributed by atoms with van der Waals surface area (Å²) in [5, 5.41) is 12.2. The molecule has 0 radical (unpaired) electrons. The standard InChI is InChI=1S/C62H38N2S/c1-3-46-47-12-4-5-13-48(47)55-35-43(30-37(2)62(46)55)39-20-21-40-32-44(25-22-38(40)31-39)63-56-17-9-6-14-49(56)52-33-41(23-27-58(52)63)42-24-28-59-53(34-42)50-15-7-10-18-57(50)64(59)45-26-29-61-54(36-45)51-16-8-11-19-60(51)65-61/h3-36H,1-2H2. The molecule has 0 amide bonds. The maximum atomic E-state index is 4.51. The summed E-state index contributed by atoms with van der Waals surface area (Å²) in [5.74, 6) is 0. The Morgan fingerprint density at radius 3 is 1.63 bits per heavy atom. The molecule has 2 nitrogen and oxygen atoms in total. The van der Waals surface area contributed by atoms with Crippen LogP contribution >= 0.6 is 11.3 Å². The average Bonchev–Trinajstić information content (AvgIpc) is 4.09. The Labute approximate surface area is 378 Å². The fourth-order valence-corrected chi connectivity index (χ4v) is 12.1. The normalized spacial score (nSPS) is 12.4. The molecule has 0 fully saturated rings. The first kappa shape index (κ1) is 36.3. The van der Waals surface area contributed by atoms with E-state index in [0.717, 1.165) is 10.9 Å². The molecule has 3 aromatic heterocycles. The Bertz CT molecular complexity index is 4340. The molecule has 65 heavy (non-hydrogen) atoms. The van der Waals surface area contributed by atoms with Gasteiger partial charge in [-0.15, -0.1) is 11.3 Å². The van der Waals surface area contributed by atoms with Crippen molar-refractivity contribution in [3.63, 3.8) is 0 Å². The van der Waals surface area contributed by atoms with Crippen LogP contribution in [0.5, 0.6) is 0 Å². The van der Waals surface area contributed by atoms with Crippen LogP contribution < -0.4 is 10.4 Å². The summed E-state index contributed by atoms with van der Waals surface area (Å²) in [6, 6.07) is 74.2. The lowest BCUT2D eigenvalue weighted by Gasteiger charge is -2.11. The molecule has 0 N–H and O–H groups in total. The quantitative estimate of drug-likeness (QED) is 0.163. The zero-order chi connectivity index (χ0) is 42.9. The van der Waals surface area contributed by atoms with E-state index in [1.54, 1.807) is 0 Å². The van der Waals surface area contributed by atoms with Crippen molar-refractivity contribution in [2.24, 2.45) is 0 Å². The summed E-state index contributed by atoms with van der Waals surface area (Å²) in [7, 11) is 0. The maximum Gasteiger partial charge on any atom is 0.0541 e. The monoisotopic (exact) mass is 842 g/mol. The molecule has 1 aliphatic carbocycles. The van der Waals surface area contributed by atoms with Crippen LogP contribution in [0.2, 0.25) is 0 Å². The van der Waals surface area contributed by atoms with Crippen LogP contribution in [0.15, 0.2) is 213 Å². The number of allylic oxidation sites excluding steroid dienone is 1. The van der Waals surface area contributed by atoms with Crippen molar-refractivity contribution in [1.82, 2.24) is 9.13 Å². The lowest BCUT2D eigenvalue weighted by atomic mass is 9.96. The van der Waals surface area contributed by atoms with Gasteiger partial charge in [-0.3, -0.25) is 0 Å². The summed E-state index contributed by atoms with van der Waals surface area (Å²) < 4.78 is 7.50. The highest BCUT2D eigenvalue weighted by Crippen LogP contribution is 2.41.